The Morgan fingerprint density at radius 2 is 1.59 bits per heavy atom. The lowest BCUT2D eigenvalue weighted by atomic mass is 10.2. The number of hydrogen-bond donors (Lipinski definition) is 0. The Morgan fingerprint density at radius 3 is 2.37 bits per heavy atom. The van der Waals surface area contributed by atoms with E-state index in [1.807, 2.05) is 30.3 Å². The first-order valence-corrected chi connectivity index (χ1v) is 9.81. The number of benzene rings is 2. The predicted molar refractivity (Wildman–Crippen MR) is 102 cm³/mol. The maximum absolute atomic E-state index is 13.1. The van der Waals surface area contributed by atoms with Gasteiger partial charge in [0.05, 0.1) is 10.9 Å². The molecule has 0 aliphatic heterocycles. The summed E-state index contributed by atoms with van der Waals surface area (Å²) in [6.45, 7) is 1.77. The number of fused-ring (bicyclic) bond motifs is 2. The number of sulfonamides is 1. The summed E-state index contributed by atoms with van der Waals surface area (Å²) in [6, 6.07) is 16.1. The second-order valence-corrected chi connectivity index (χ2v) is 8.34. The molecule has 27 heavy (non-hydrogen) atoms. The highest BCUT2D eigenvalue weighted by atomic mass is 32.2. The van der Waals surface area contributed by atoms with Crippen molar-refractivity contribution >= 4 is 32.0 Å². The second kappa shape index (κ2) is 6.37. The average Bonchev–Trinajstić information content (AvgIpc) is 3.10. The van der Waals surface area contributed by atoms with Gasteiger partial charge in [-0.3, -0.25) is 0 Å². The van der Waals surface area contributed by atoms with Crippen LogP contribution >= 0.6 is 0 Å². The minimum absolute atomic E-state index is 0.120. The van der Waals surface area contributed by atoms with Gasteiger partial charge < -0.3 is 8.83 Å². The molecule has 0 radical (unpaired) electrons. The molecule has 0 saturated heterocycles. The maximum atomic E-state index is 13.1. The molecular formula is C20H17NO5S. The van der Waals surface area contributed by atoms with Crippen LogP contribution in [0, 0.1) is 0 Å². The maximum Gasteiger partial charge on any atom is 0.336 e. The van der Waals surface area contributed by atoms with Gasteiger partial charge in [0.1, 0.15) is 16.9 Å². The van der Waals surface area contributed by atoms with Crippen molar-refractivity contribution in [1.82, 2.24) is 4.31 Å². The number of rotatable bonds is 4. The molecule has 0 bridgehead atoms. The van der Waals surface area contributed by atoms with E-state index >= 15 is 0 Å². The van der Waals surface area contributed by atoms with Gasteiger partial charge in [-0.2, -0.15) is 4.31 Å². The minimum atomic E-state index is -3.77. The summed E-state index contributed by atoms with van der Waals surface area (Å²) in [5.41, 5.74) is 0.578. The van der Waals surface area contributed by atoms with Crippen molar-refractivity contribution in [3.63, 3.8) is 0 Å². The number of hydrogen-bond acceptors (Lipinski definition) is 5. The van der Waals surface area contributed by atoms with Crippen molar-refractivity contribution in [2.45, 2.75) is 17.9 Å². The molecule has 4 rings (SSSR count). The fraction of sp³-hybridized carbons (Fsp3) is 0.150. The van der Waals surface area contributed by atoms with E-state index in [1.165, 1.54) is 35.6 Å². The first-order chi connectivity index (χ1) is 12.9. The third kappa shape index (κ3) is 3.05. The molecule has 0 N–H and O–H groups in total. The predicted octanol–water partition coefficient (Wildman–Crippen LogP) is 3.92. The summed E-state index contributed by atoms with van der Waals surface area (Å²) in [6.07, 6.45) is 0. The van der Waals surface area contributed by atoms with E-state index in [2.05, 4.69) is 0 Å². The van der Waals surface area contributed by atoms with Crippen LogP contribution < -0.4 is 5.63 Å². The Hall–Kier alpha value is -2.90. The van der Waals surface area contributed by atoms with Crippen molar-refractivity contribution in [1.29, 1.82) is 0 Å². The minimum Gasteiger partial charge on any atom is -0.459 e. The van der Waals surface area contributed by atoms with Crippen LogP contribution in [0.4, 0.5) is 0 Å². The Morgan fingerprint density at radius 1 is 0.889 bits per heavy atom. The third-order valence-electron chi connectivity index (χ3n) is 4.67. The van der Waals surface area contributed by atoms with Gasteiger partial charge in [0, 0.05) is 23.9 Å². The molecule has 138 valence electrons. The molecule has 4 aromatic rings. The molecule has 6 nitrogen and oxygen atoms in total. The van der Waals surface area contributed by atoms with Crippen LogP contribution in [0.25, 0.3) is 21.9 Å². The largest absolute Gasteiger partial charge is 0.459 e. The molecule has 2 aromatic carbocycles. The first kappa shape index (κ1) is 17.5. The normalized spacial score (nSPS) is 13.4. The summed E-state index contributed by atoms with van der Waals surface area (Å²) >= 11 is 0. The van der Waals surface area contributed by atoms with Gasteiger partial charge in [0.2, 0.25) is 10.0 Å². The monoisotopic (exact) mass is 383 g/mol. The van der Waals surface area contributed by atoms with Crippen LogP contribution in [0.5, 0.6) is 0 Å². The van der Waals surface area contributed by atoms with Gasteiger partial charge in [-0.1, -0.05) is 18.2 Å². The molecule has 1 unspecified atom stereocenters. The highest BCUT2D eigenvalue weighted by molar-refractivity contribution is 7.89. The van der Waals surface area contributed by atoms with Crippen LogP contribution in [-0.4, -0.2) is 19.8 Å². The third-order valence-corrected chi connectivity index (χ3v) is 6.59. The number of furan rings is 1. The molecule has 2 aromatic heterocycles. The molecule has 0 aliphatic rings. The topological polar surface area (TPSA) is 80.7 Å². The van der Waals surface area contributed by atoms with Gasteiger partial charge in [0.15, 0.2) is 0 Å². The van der Waals surface area contributed by atoms with Gasteiger partial charge >= 0.3 is 5.63 Å². The highest BCUT2D eigenvalue weighted by Crippen LogP contribution is 2.30. The van der Waals surface area contributed by atoms with Gasteiger partial charge in [-0.25, -0.2) is 13.2 Å². The smallest absolute Gasteiger partial charge is 0.336 e. The molecule has 0 fully saturated rings. The first-order valence-electron chi connectivity index (χ1n) is 8.37. The van der Waals surface area contributed by atoms with Crippen molar-refractivity contribution in [2.24, 2.45) is 0 Å². The van der Waals surface area contributed by atoms with Crippen LogP contribution in [0.15, 0.2) is 79.2 Å². The fourth-order valence-corrected chi connectivity index (χ4v) is 4.34. The quantitative estimate of drug-likeness (QED) is 0.499. The van der Waals surface area contributed by atoms with Crippen molar-refractivity contribution < 1.29 is 17.3 Å². The molecule has 0 saturated carbocycles. The van der Waals surface area contributed by atoms with Crippen LogP contribution in [0.1, 0.15) is 18.7 Å². The molecule has 0 aliphatic carbocycles. The summed E-state index contributed by atoms with van der Waals surface area (Å²) in [7, 11) is -2.26. The number of nitrogens with zero attached hydrogens (tertiary/aromatic N) is 1. The Labute approximate surface area is 155 Å². The van der Waals surface area contributed by atoms with Crippen LogP contribution in [-0.2, 0) is 10.0 Å². The summed E-state index contributed by atoms with van der Waals surface area (Å²) in [5.74, 6) is 0.564. The van der Waals surface area contributed by atoms with E-state index < -0.39 is 21.7 Å². The van der Waals surface area contributed by atoms with E-state index in [9.17, 15) is 13.2 Å². The van der Waals surface area contributed by atoms with Crippen molar-refractivity contribution in [3.8, 4) is 0 Å². The second-order valence-electron chi connectivity index (χ2n) is 6.34. The Bertz CT molecular complexity index is 1270. The van der Waals surface area contributed by atoms with Gasteiger partial charge in [-0.05, 0) is 43.3 Å². The lowest BCUT2D eigenvalue weighted by Gasteiger charge is -2.22. The number of para-hydroxylation sites is 1. The molecule has 2 heterocycles. The Kier molecular flexibility index (Phi) is 4.13. The van der Waals surface area contributed by atoms with E-state index in [0.717, 1.165) is 5.39 Å². The zero-order chi connectivity index (χ0) is 19.2. The van der Waals surface area contributed by atoms with E-state index in [4.69, 9.17) is 8.83 Å². The molecule has 1 atom stereocenters. The highest BCUT2D eigenvalue weighted by Gasteiger charge is 2.28. The zero-order valence-corrected chi connectivity index (χ0v) is 15.6. The van der Waals surface area contributed by atoms with Crippen LogP contribution in [0.2, 0.25) is 0 Å². The van der Waals surface area contributed by atoms with E-state index in [1.54, 1.807) is 13.0 Å². The van der Waals surface area contributed by atoms with E-state index in [0.29, 0.717) is 22.3 Å². The summed E-state index contributed by atoms with van der Waals surface area (Å²) in [4.78, 5) is 11.4. The lowest BCUT2D eigenvalue weighted by Crippen LogP contribution is -2.29. The lowest BCUT2D eigenvalue weighted by molar-refractivity contribution is 0.348. The van der Waals surface area contributed by atoms with Gasteiger partial charge in [-0.15, -0.1) is 0 Å². The summed E-state index contributed by atoms with van der Waals surface area (Å²) in [5, 5.41) is 1.46. The average molecular weight is 383 g/mol. The van der Waals surface area contributed by atoms with E-state index in [-0.39, 0.29) is 4.90 Å². The molecule has 0 spiro atoms. The standard InChI is InChI=1S/C20H17NO5S/c1-13(19-12-14-5-3-4-6-17(14)25-19)21(2)27(23,24)16-8-9-18-15(11-16)7-10-20(22)26-18/h3-13H,1-2H3. The summed E-state index contributed by atoms with van der Waals surface area (Å²) < 4.78 is 38.3. The fourth-order valence-electron chi connectivity index (χ4n) is 2.97. The van der Waals surface area contributed by atoms with Crippen LogP contribution in [0.3, 0.4) is 0 Å². The molecule has 7 heteroatoms. The SMILES string of the molecule is CC(c1cc2ccccc2o1)N(C)S(=O)(=O)c1ccc2oc(=O)ccc2c1. The molecule has 0 amide bonds. The Balaban J connectivity index is 1.71. The van der Waals surface area contributed by atoms with Gasteiger partial charge in [0.25, 0.3) is 0 Å². The molecular weight excluding hydrogens is 366 g/mol. The van der Waals surface area contributed by atoms with Crippen molar-refractivity contribution in [3.05, 3.63) is 76.8 Å². The van der Waals surface area contributed by atoms with Crippen molar-refractivity contribution in [2.75, 3.05) is 7.05 Å². The zero-order valence-electron chi connectivity index (χ0n) is 14.7.